The summed E-state index contributed by atoms with van der Waals surface area (Å²) in [5, 5.41) is 0. The van der Waals surface area contributed by atoms with Crippen LogP contribution < -0.4 is 0 Å². The van der Waals surface area contributed by atoms with Crippen molar-refractivity contribution in [3.8, 4) is 0 Å². The van der Waals surface area contributed by atoms with Crippen LogP contribution in [-0.2, 0) is 12.0 Å². The van der Waals surface area contributed by atoms with Gasteiger partial charge in [0.15, 0.2) is 0 Å². The van der Waals surface area contributed by atoms with E-state index in [4.69, 9.17) is 11.6 Å². The molecule has 1 heterocycles. The highest BCUT2D eigenvalue weighted by molar-refractivity contribution is 6.17. The van der Waals surface area contributed by atoms with Gasteiger partial charge in [-0.15, -0.1) is 11.6 Å². The van der Waals surface area contributed by atoms with Crippen molar-refractivity contribution in [2.24, 2.45) is 0 Å². The smallest absolute Gasteiger partial charge is 0.125 e. The second kappa shape index (κ2) is 4.78. The monoisotopic (exact) mass is 280 g/mol. The van der Waals surface area contributed by atoms with Gasteiger partial charge in [0.25, 0.3) is 0 Å². The van der Waals surface area contributed by atoms with Crippen LogP contribution in [0.5, 0.6) is 0 Å². The Balaban J connectivity index is 2.23. The molecule has 0 radical (unpaired) electrons. The average molecular weight is 281 g/mol. The summed E-state index contributed by atoms with van der Waals surface area (Å²) in [5.41, 5.74) is 1.84. The largest absolute Gasteiger partial charge is 0.322 e. The maximum Gasteiger partial charge on any atom is 0.125 e. The fourth-order valence-corrected chi connectivity index (χ4v) is 3.48. The molecule has 0 aliphatic heterocycles. The van der Waals surface area contributed by atoms with E-state index >= 15 is 0 Å². The molecule has 102 valence electrons. The Bertz CT molecular complexity index is 599. The number of alkyl halides is 1. The lowest BCUT2D eigenvalue weighted by molar-refractivity contribution is 0.329. The summed E-state index contributed by atoms with van der Waals surface area (Å²) in [6, 6.07) is 4.84. The van der Waals surface area contributed by atoms with E-state index < -0.39 is 0 Å². The van der Waals surface area contributed by atoms with E-state index in [-0.39, 0.29) is 11.4 Å². The normalized spacial score (nSPS) is 18.3. The van der Waals surface area contributed by atoms with Crippen LogP contribution in [0.15, 0.2) is 18.2 Å². The van der Waals surface area contributed by atoms with Crippen LogP contribution in [0.25, 0.3) is 11.0 Å². The summed E-state index contributed by atoms with van der Waals surface area (Å²) in [6.45, 7) is 2.25. The average Bonchev–Trinajstić information content (AvgIpc) is 2.94. The maximum atomic E-state index is 13.6. The Morgan fingerprint density at radius 2 is 2.11 bits per heavy atom. The topological polar surface area (TPSA) is 17.8 Å². The van der Waals surface area contributed by atoms with Crippen molar-refractivity contribution in [1.29, 1.82) is 0 Å². The molecule has 0 bridgehead atoms. The van der Waals surface area contributed by atoms with Crippen LogP contribution in [0.4, 0.5) is 4.39 Å². The lowest BCUT2D eigenvalue weighted by atomic mass is 9.99. The van der Waals surface area contributed by atoms with Gasteiger partial charge in [-0.3, -0.25) is 0 Å². The molecule has 1 aromatic carbocycles. The predicted octanol–water partition coefficient (Wildman–Crippen LogP) is 4.25. The maximum absolute atomic E-state index is 13.6. The van der Waals surface area contributed by atoms with E-state index in [1.54, 1.807) is 12.1 Å². The van der Waals surface area contributed by atoms with E-state index in [1.807, 2.05) is 0 Å². The van der Waals surface area contributed by atoms with Crippen LogP contribution in [0.3, 0.4) is 0 Å². The molecule has 4 heteroatoms. The molecule has 0 atom stereocenters. The third-order valence-electron chi connectivity index (χ3n) is 4.22. The molecular formula is C15H18ClFN2. The number of fused-ring (bicyclic) bond motifs is 1. The number of rotatable bonds is 3. The lowest BCUT2D eigenvalue weighted by Gasteiger charge is -2.28. The fourth-order valence-electron chi connectivity index (χ4n) is 3.31. The van der Waals surface area contributed by atoms with Gasteiger partial charge in [-0.2, -0.15) is 0 Å². The second-order valence-electron chi connectivity index (χ2n) is 5.64. The first-order chi connectivity index (χ1) is 9.14. The molecule has 1 aliphatic rings. The Kier molecular flexibility index (Phi) is 3.25. The molecule has 1 aliphatic carbocycles. The molecule has 3 rings (SSSR count). The Hall–Kier alpha value is -1.09. The molecular weight excluding hydrogens is 263 g/mol. The summed E-state index contributed by atoms with van der Waals surface area (Å²) in [7, 11) is 0. The van der Waals surface area contributed by atoms with Gasteiger partial charge in [-0.1, -0.05) is 12.8 Å². The number of aryl methyl sites for hydroxylation is 1. The Morgan fingerprint density at radius 3 is 2.79 bits per heavy atom. The summed E-state index contributed by atoms with van der Waals surface area (Å²) in [5.74, 6) is 1.33. The highest BCUT2D eigenvalue weighted by atomic mass is 35.5. The van der Waals surface area contributed by atoms with Gasteiger partial charge >= 0.3 is 0 Å². The first-order valence-electron chi connectivity index (χ1n) is 6.87. The summed E-state index contributed by atoms with van der Waals surface area (Å²) < 4.78 is 15.8. The quantitative estimate of drug-likeness (QED) is 0.769. The highest BCUT2D eigenvalue weighted by Gasteiger charge is 2.33. The first kappa shape index (κ1) is 12.9. The molecule has 0 amide bonds. The van der Waals surface area contributed by atoms with Crippen molar-refractivity contribution in [3.63, 3.8) is 0 Å². The van der Waals surface area contributed by atoms with Crippen molar-refractivity contribution in [2.45, 2.75) is 44.6 Å². The molecule has 0 saturated heterocycles. The Morgan fingerprint density at radius 1 is 1.37 bits per heavy atom. The number of hydrogen-bond donors (Lipinski definition) is 0. The third kappa shape index (κ3) is 2.14. The van der Waals surface area contributed by atoms with Gasteiger partial charge in [0.2, 0.25) is 0 Å². The summed E-state index contributed by atoms with van der Waals surface area (Å²) in [6.07, 6.45) is 5.44. The van der Waals surface area contributed by atoms with Crippen molar-refractivity contribution in [1.82, 2.24) is 9.55 Å². The summed E-state index contributed by atoms with van der Waals surface area (Å²) in [4.78, 5) is 4.65. The molecule has 0 N–H and O–H groups in total. The second-order valence-corrected chi connectivity index (χ2v) is 6.02. The number of benzene rings is 1. The van der Waals surface area contributed by atoms with Crippen LogP contribution in [0.2, 0.25) is 0 Å². The lowest BCUT2D eigenvalue weighted by Crippen LogP contribution is -2.28. The van der Waals surface area contributed by atoms with Crippen LogP contribution in [-0.4, -0.2) is 15.4 Å². The molecule has 2 nitrogen and oxygen atoms in total. The number of hydrogen-bond acceptors (Lipinski definition) is 1. The van der Waals surface area contributed by atoms with E-state index in [2.05, 4.69) is 16.5 Å². The van der Waals surface area contributed by atoms with Gasteiger partial charge in [0, 0.05) is 17.8 Å². The van der Waals surface area contributed by atoms with Gasteiger partial charge in [-0.25, -0.2) is 9.37 Å². The minimum Gasteiger partial charge on any atom is -0.322 e. The van der Waals surface area contributed by atoms with E-state index in [9.17, 15) is 4.39 Å². The minimum absolute atomic E-state index is 0.0595. The Labute approximate surface area is 117 Å². The molecule has 1 fully saturated rings. The van der Waals surface area contributed by atoms with Crippen LogP contribution >= 0.6 is 11.6 Å². The van der Waals surface area contributed by atoms with Crippen LogP contribution in [0.1, 0.15) is 38.4 Å². The standard InChI is InChI=1S/C15H18ClFN2/c1-15(7-2-3-8-15)19-13-10-11(17)4-5-12(13)18-14(19)6-9-16/h4-5,10H,2-3,6-9H2,1H3. The molecule has 0 spiro atoms. The van der Waals surface area contributed by atoms with Gasteiger partial charge < -0.3 is 4.57 Å². The fraction of sp³-hybridized carbons (Fsp3) is 0.533. The summed E-state index contributed by atoms with van der Waals surface area (Å²) >= 11 is 5.89. The molecule has 1 aromatic heterocycles. The van der Waals surface area contributed by atoms with E-state index in [0.717, 1.165) is 36.1 Å². The van der Waals surface area contributed by atoms with Crippen molar-refractivity contribution < 1.29 is 4.39 Å². The molecule has 0 unspecified atom stereocenters. The zero-order valence-corrected chi connectivity index (χ0v) is 11.9. The van der Waals surface area contributed by atoms with Crippen molar-refractivity contribution in [2.75, 3.05) is 5.88 Å². The number of aromatic nitrogens is 2. The van der Waals surface area contributed by atoms with E-state index in [0.29, 0.717) is 5.88 Å². The molecule has 1 saturated carbocycles. The van der Waals surface area contributed by atoms with Crippen molar-refractivity contribution >= 4 is 22.6 Å². The minimum atomic E-state index is -0.201. The van der Waals surface area contributed by atoms with Gasteiger partial charge in [0.1, 0.15) is 11.6 Å². The van der Waals surface area contributed by atoms with Gasteiger partial charge in [0.05, 0.1) is 11.0 Å². The zero-order chi connectivity index (χ0) is 13.5. The highest BCUT2D eigenvalue weighted by Crippen LogP contribution is 2.39. The van der Waals surface area contributed by atoms with E-state index in [1.165, 1.54) is 18.9 Å². The predicted molar refractivity (Wildman–Crippen MR) is 76.2 cm³/mol. The molecule has 2 aromatic rings. The SMILES string of the molecule is CC1(n2c(CCCl)nc3ccc(F)cc32)CCCC1. The number of nitrogens with zero attached hydrogens (tertiary/aromatic N) is 2. The van der Waals surface area contributed by atoms with Crippen molar-refractivity contribution in [3.05, 3.63) is 29.8 Å². The van der Waals surface area contributed by atoms with Gasteiger partial charge in [-0.05, 0) is 38.0 Å². The van der Waals surface area contributed by atoms with Crippen LogP contribution in [0, 0.1) is 5.82 Å². The third-order valence-corrected chi connectivity index (χ3v) is 4.41. The first-order valence-corrected chi connectivity index (χ1v) is 7.41. The zero-order valence-electron chi connectivity index (χ0n) is 11.1. The number of halogens is 2. The number of imidazole rings is 1. The molecule has 19 heavy (non-hydrogen) atoms.